The summed E-state index contributed by atoms with van der Waals surface area (Å²) in [5.74, 6) is 0.882. The molecule has 0 radical (unpaired) electrons. The number of nitrogens with zero attached hydrogens (tertiary/aromatic N) is 2. The number of hydrogen-bond donors (Lipinski definition) is 2. The van der Waals surface area contributed by atoms with Crippen LogP contribution in [0.1, 0.15) is 32.8 Å². The van der Waals surface area contributed by atoms with Gasteiger partial charge in [-0.3, -0.25) is 5.41 Å². The van der Waals surface area contributed by atoms with Crippen LogP contribution in [0.4, 0.5) is 5.82 Å². The summed E-state index contributed by atoms with van der Waals surface area (Å²) in [6.07, 6.45) is 1.03. The number of nitrogens with two attached hydrogens (primary N) is 1. The number of pyridine rings is 1. The van der Waals surface area contributed by atoms with E-state index in [1.54, 1.807) is 0 Å². The number of anilines is 1. The fraction of sp³-hybridized carbons (Fsp3) is 0.375. The molecule has 0 saturated carbocycles. The molecule has 1 aromatic heterocycles. The van der Waals surface area contributed by atoms with Crippen molar-refractivity contribution < 1.29 is 0 Å². The van der Waals surface area contributed by atoms with E-state index in [0.29, 0.717) is 11.6 Å². The predicted octanol–water partition coefficient (Wildman–Crippen LogP) is 3.14. The lowest BCUT2D eigenvalue weighted by Crippen LogP contribution is -2.34. The molecule has 0 atom stereocenters. The molecule has 4 heteroatoms. The average molecular weight is 270 g/mol. The molecule has 20 heavy (non-hydrogen) atoms. The van der Waals surface area contributed by atoms with Crippen molar-refractivity contribution in [1.82, 2.24) is 4.98 Å². The van der Waals surface area contributed by atoms with Crippen LogP contribution in [0.3, 0.4) is 0 Å². The number of benzene rings is 1. The molecular weight excluding hydrogens is 248 g/mol. The zero-order valence-corrected chi connectivity index (χ0v) is 12.4. The number of nitrogens with one attached hydrogen (secondary N) is 1. The first-order valence-electron chi connectivity index (χ1n) is 7.05. The minimum Gasteiger partial charge on any atom is -0.384 e. The van der Waals surface area contributed by atoms with Gasteiger partial charge in [0.05, 0.1) is 11.1 Å². The summed E-state index contributed by atoms with van der Waals surface area (Å²) in [5.41, 5.74) is 7.41. The highest BCUT2D eigenvalue weighted by Gasteiger charge is 2.18. The number of fused-ring (bicyclic) bond motifs is 1. The third-order valence-corrected chi connectivity index (χ3v) is 3.35. The molecule has 1 aromatic carbocycles. The van der Waals surface area contributed by atoms with Crippen LogP contribution in [0, 0.1) is 5.41 Å². The summed E-state index contributed by atoms with van der Waals surface area (Å²) < 4.78 is 0. The molecule has 106 valence electrons. The van der Waals surface area contributed by atoms with Crippen LogP contribution in [0.2, 0.25) is 0 Å². The standard InChI is InChI=1S/C16H22N4/c1-4-9-20(11(2)3)16-13(15(17)18)10-12-7-5-6-8-14(12)19-16/h5-8,10-11H,4,9H2,1-3H3,(H3,17,18). The van der Waals surface area contributed by atoms with Gasteiger partial charge in [0, 0.05) is 18.0 Å². The van der Waals surface area contributed by atoms with Gasteiger partial charge in [-0.2, -0.15) is 0 Å². The second-order valence-electron chi connectivity index (χ2n) is 5.25. The number of para-hydroxylation sites is 1. The predicted molar refractivity (Wildman–Crippen MR) is 85.5 cm³/mol. The van der Waals surface area contributed by atoms with Gasteiger partial charge in [-0.15, -0.1) is 0 Å². The van der Waals surface area contributed by atoms with E-state index in [1.807, 2.05) is 30.3 Å². The maximum Gasteiger partial charge on any atom is 0.140 e. The van der Waals surface area contributed by atoms with E-state index in [1.165, 1.54) is 0 Å². The van der Waals surface area contributed by atoms with E-state index in [4.69, 9.17) is 16.1 Å². The molecule has 0 aliphatic rings. The SMILES string of the molecule is CCCN(c1nc2ccccc2cc1C(=N)N)C(C)C. The summed E-state index contributed by atoms with van der Waals surface area (Å²) in [7, 11) is 0. The van der Waals surface area contributed by atoms with Crippen molar-refractivity contribution in [1.29, 1.82) is 5.41 Å². The lowest BCUT2D eigenvalue weighted by Gasteiger charge is -2.29. The van der Waals surface area contributed by atoms with Crippen LogP contribution in [0.5, 0.6) is 0 Å². The summed E-state index contributed by atoms with van der Waals surface area (Å²) in [6.45, 7) is 7.32. The zero-order valence-electron chi connectivity index (χ0n) is 12.4. The fourth-order valence-electron chi connectivity index (χ4n) is 2.37. The zero-order chi connectivity index (χ0) is 14.7. The normalized spacial score (nSPS) is 11.0. The Kier molecular flexibility index (Phi) is 4.23. The van der Waals surface area contributed by atoms with Gasteiger partial charge in [-0.25, -0.2) is 4.98 Å². The van der Waals surface area contributed by atoms with E-state index in [2.05, 4.69) is 25.7 Å². The third-order valence-electron chi connectivity index (χ3n) is 3.35. The summed E-state index contributed by atoms with van der Waals surface area (Å²) in [4.78, 5) is 6.95. The largest absolute Gasteiger partial charge is 0.384 e. The molecule has 0 aliphatic carbocycles. The summed E-state index contributed by atoms with van der Waals surface area (Å²) >= 11 is 0. The Labute approximate surface area is 120 Å². The van der Waals surface area contributed by atoms with Crippen molar-refractivity contribution in [3.63, 3.8) is 0 Å². The molecule has 2 rings (SSSR count). The Hall–Kier alpha value is -2.10. The first kappa shape index (κ1) is 14.3. The van der Waals surface area contributed by atoms with Crippen LogP contribution in [-0.4, -0.2) is 23.4 Å². The minimum atomic E-state index is 0.0695. The van der Waals surface area contributed by atoms with Gasteiger partial charge in [-0.05, 0) is 32.4 Å². The third kappa shape index (κ3) is 2.74. The molecule has 2 aromatic rings. The Morgan fingerprint density at radius 1 is 1.35 bits per heavy atom. The number of nitrogen functional groups attached to an aromatic ring is 1. The molecule has 3 N–H and O–H groups in total. The molecule has 0 bridgehead atoms. The minimum absolute atomic E-state index is 0.0695. The van der Waals surface area contributed by atoms with Gasteiger partial charge in [-0.1, -0.05) is 25.1 Å². The highest BCUT2D eigenvalue weighted by atomic mass is 15.2. The van der Waals surface area contributed by atoms with Crippen LogP contribution in [-0.2, 0) is 0 Å². The molecular formula is C16H22N4. The number of aromatic nitrogens is 1. The molecule has 0 saturated heterocycles. The van der Waals surface area contributed by atoms with Crippen molar-refractivity contribution in [3.8, 4) is 0 Å². The Bertz CT molecular complexity index is 619. The van der Waals surface area contributed by atoms with Gasteiger partial charge >= 0.3 is 0 Å². The number of hydrogen-bond acceptors (Lipinski definition) is 3. The second kappa shape index (κ2) is 5.90. The van der Waals surface area contributed by atoms with E-state index in [-0.39, 0.29) is 5.84 Å². The molecule has 4 nitrogen and oxygen atoms in total. The maximum atomic E-state index is 7.83. The maximum absolute atomic E-state index is 7.83. The first-order valence-corrected chi connectivity index (χ1v) is 7.05. The number of amidine groups is 1. The topological polar surface area (TPSA) is 66.0 Å². The van der Waals surface area contributed by atoms with Crippen molar-refractivity contribution >= 4 is 22.6 Å². The van der Waals surface area contributed by atoms with E-state index >= 15 is 0 Å². The van der Waals surface area contributed by atoms with Crippen molar-refractivity contribution in [2.24, 2.45) is 5.73 Å². The average Bonchev–Trinajstić information content (AvgIpc) is 2.43. The van der Waals surface area contributed by atoms with E-state index < -0.39 is 0 Å². The molecule has 1 heterocycles. The Balaban J connectivity index is 2.64. The van der Waals surface area contributed by atoms with Crippen molar-refractivity contribution in [2.45, 2.75) is 33.2 Å². The Morgan fingerprint density at radius 2 is 2.05 bits per heavy atom. The molecule has 0 fully saturated rings. The van der Waals surface area contributed by atoms with Crippen molar-refractivity contribution in [2.75, 3.05) is 11.4 Å². The smallest absolute Gasteiger partial charge is 0.140 e. The van der Waals surface area contributed by atoms with Crippen LogP contribution < -0.4 is 10.6 Å². The monoisotopic (exact) mass is 270 g/mol. The fourth-order valence-corrected chi connectivity index (χ4v) is 2.37. The highest BCUT2D eigenvalue weighted by molar-refractivity contribution is 6.03. The Morgan fingerprint density at radius 3 is 2.65 bits per heavy atom. The van der Waals surface area contributed by atoms with Crippen molar-refractivity contribution in [3.05, 3.63) is 35.9 Å². The van der Waals surface area contributed by atoms with Gasteiger partial charge in [0.25, 0.3) is 0 Å². The van der Waals surface area contributed by atoms with Gasteiger partial charge in [0.1, 0.15) is 11.7 Å². The van der Waals surface area contributed by atoms with Gasteiger partial charge in [0.2, 0.25) is 0 Å². The lowest BCUT2D eigenvalue weighted by atomic mass is 10.1. The highest BCUT2D eigenvalue weighted by Crippen LogP contribution is 2.25. The second-order valence-corrected chi connectivity index (χ2v) is 5.25. The molecule has 0 amide bonds. The number of rotatable bonds is 5. The summed E-state index contributed by atoms with van der Waals surface area (Å²) in [5, 5.41) is 8.84. The van der Waals surface area contributed by atoms with E-state index in [0.717, 1.165) is 29.7 Å². The van der Waals surface area contributed by atoms with Crippen LogP contribution >= 0.6 is 0 Å². The lowest BCUT2D eigenvalue weighted by molar-refractivity contribution is 0.663. The van der Waals surface area contributed by atoms with E-state index in [9.17, 15) is 0 Å². The molecule has 0 spiro atoms. The molecule has 0 aliphatic heterocycles. The molecule has 0 unspecified atom stereocenters. The first-order chi connectivity index (χ1) is 9.54. The van der Waals surface area contributed by atoms with Crippen LogP contribution in [0.15, 0.2) is 30.3 Å². The van der Waals surface area contributed by atoms with Crippen LogP contribution in [0.25, 0.3) is 10.9 Å². The van der Waals surface area contributed by atoms with Gasteiger partial charge < -0.3 is 10.6 Å². The quantitative estimate of drug-likeness (QED) is 0.648. The van der Waals surface area contributed by atoms with Gasteiger partial charge in [0.15, 0.2) is 0 Å². The summed E-state index contributed by atoms with van der Waals surface area (Å²) in [6, 6.07) is 10.2.